The van der Waals surface area contributed by atoms with E-state index in [0.717, 1.165) is 17.0 Å². The van der Waals surface area contributed by atoms with Gasteiger partial charge in [0.2, 0.25) is 5.82 Å². The molecule has 7 heteroatoms. The number of nitro benzene ring substituents is 1. The van der Waals surface area contributed by atoms with Crippen molar-refractivity contribution < 1.29 is 18.8 Å². The van der Waals surface area contributed by atoms with Gasteiger partial charge < -0.3 is 4.74 Å². The molecule has 0 saturated heterocycles. The Bertz CT molecular complexity index is 552. The van der Waals surface area contributed by atoms with Crippen molar-refractivity contribution in [3.8, 4) is 0 Å². The average Bonchev–Trinajstić information content (AvgIpc) is 2.28. The Balaban J connectivity index is 3.11. The number of aryl methyl sites for hydroxylation is 1. The van der Waals surface area contributed by atoms with Crippen molar-refractivity contribution >= 4 is 17.5 Å². The van der Waals surface area contributed by atoms with Gasteiger partial charge in [-0.1, -0.05) is 0 Å². The fourth-order valence-corrected chi connectivity index (χ4v) is 1.59. The van der Waals surface area contributed by atoms with Crippen LogP contribution in [0.15, 0.2) is 12.1 Å². The molecule has 0 unspecified atom stereocenters. The Morgan fingerprint density at radius 2 is 1.95 bits per heavy atom. The predicted molar refractivity (Wildman–Crippen MR) is 72.4 cm³/mol. The first kappa shape index (κ1) is 15.9. The molecule has 6 nitrogen and oxygen atoms in total. The lowest BCUT2D eigenvalue weighted by atomic mass is 10.1. The van der Waals surface area contributed by atoms with Crippen molar-refractivity contribution in [2.24, 2.45) is 0 Å². The van der Waals surface area contributed by atoms with E-state index in [2.05, 4.69) is 0 Å². The number of hydrogen-bond donors (Lipinski definition) is 0. The maximum Gasteiger partial charge on any atom is 0.414 e. The molecule has 1 aromatic rings. The van der Waals surface area contributed by atoms with E-state index in [0.29, 0.717) is 5.56 Å². The van der Waals surface area contributed by atoms with Crippen molar-refractivity contribution in [3.05, 3.63) is 33.6 Å². The number of benzene rings is 1. The lowest BCUT2D eigenvalue weighted by Crippen LogP contribution is -2.34. The highest BCUT2D eigenvalue weighted by molar-refractivity contribution is 5.88. The summed E-state index contributed by atoms with van der Waals surface area (Å²) >= 11 is 0. The molecule has 0 aliphatic heterocycles. The van der Waals surface area contributed by atoms with Gasteiger partial charge in [-0.15, -0.1) is 0 Å². The Kier molecular flexibility index (Phi) is 4.32. The summed E-state index contributed by atoms with van der Waals surface area (Å²) in [6.07, 6.45) is -0.658. The molecule has 1 aromatic carbocycles. The summed E-state index contributed by atoms with van der Waals surface area (Å²) in [5.74, 6) is -0.994. The number of anilines is 1. The summed E-state index contributed by atoms with van der Waals surface area (Å²) in [5, 5.41) is 10.6. The van der Waals surface area contributed by atoms with Crippen LogP contribution in [0.3, 0.4) is 0 Å². The van der Waals surface area contributed by atoms with E-state index in [4.69, 9.17) is 4.74 Å². The molecule has 0 aliphatic rings. The van der Waals surface area contributed by atoms with E-state index in [1.165, 1.54) is 7.05 Å². The lowest BCUT2D eigenvalue weighted by Gasteiger charge is -2.25. The zero-order valence-electron chi connectivity index (χ0n) is 12.1. The normalized spacial score (nSPS) is 11.1. The van der Waals surface area contributed by atoms with Crippen LogP contribution in [0.1, 0.15) is 26.3 Å². The minimum atomic E-state index is -0.994. The Labute approximate surface area is 116 Å². The van der Waals surface area contributed by atoms with Crippen LogP contribution in [-0.2, 0) is 4.74 Å². The quantitative estimate of drug-likeness (QED) is 0.616. The van der Waals surface area contributed by atoms with E-state index in [-0.39, 0.29) is 5.69 Å². The summed E-state index contributed by atoms with van der Waals surface area (Å²) in [6, 6.07) is 2.04. The fraction of sp³-hybridized carbons (Fsp3) is 0.462. The van der Waals surface area contributed by atoms with Crippen molar-refractivity contribution in [2.45, 2.75) is 33.3 Å². The molecule has 1 amide bonds. The molecule has 0 spiro atoms. The molecule has 20 heavy (non-hydrogen) atoms. The van der Waals surface area contributed by atoms with Crippen LogP contribution in [0, 0.1) is 22.9 Å². The van der Waals surface area contributed by atoms with Gasteiger partial charge in [0.1, 0.15) is 5.60 Å². The Morgan fingerprint density at radius 3 is 2.40 bits per heavy atom. The zero-order valence-corrected chi connectivity index (χ0v) is 12.1. The number of halogens is 1. The molecular formula is C13H17FN2O4. The monoisotopic (exact) mass is 284 g/mol. The Morgan fingerprint density at radius 1 is 1.40 bits per heavy atom. The van der Waals surface area contributed by atoms with Crippen LogP contribution < -0.4 is 4.90 Å². The van der Waals surface area contributed by atoms with Crippen LogP contribution in [-0.4, -0.2) is 23.7 Å². The van der Waals surface area contributed by atoms with Crippen LogP contribution in [0.2, 0.25) is 0 Å². The molecule has 0 atom stereocenters. The molecule has 1 rings (SSSR count). The van der Waals surface area contributed by atoms with E-state index < -0.39 is 28.1 Å². The average molecular weight is 284 g/mol. The third-order valence-corrected chi connectivity index (χ3v) is 2.49. The van der Waals surface area contributed by atoms with E-state index in [9.17, 15) is 19.3 Å². The minimum absolute atomic E-state index is 0.224. The second kappa shape index (κ2) is 5.44. The van der Waals surface area contributed by atoms with Crippen molar-refractivity contribution in [1.29, 1.82) is 0 Å². The molecular weight excluding hydrogens is 267 g/mol. The van der Waals surface area contributed by atoms with Gasteiger partial charge in [0.25, 0.3) is 0 Å². The van der Waals surface area contributed by atoms with Crippen LogP contribution in [0.4, 0.5) is 20.6 Å². The van der Waals surface area contributed by atoms with E-state index in [1.54, 1.807) is 27.7 Å². The predicted octanol–water partition coefficient (Wildman–Crippen LogP) is 3.41. The third-order valence-electron chi connectivity index (χ3n) is 2.49. The summed E-state index contributed by atoms with van der Waals surface area (Å²) in [4.78, 5) is 22.8. The second-order valence-corrected chi connectivity index (χ2v) is 5.39. The number of ether oxygens (including phenoxy) is 1. The smallest absolute Gasteiger partial charge is 0.414 e. The number of carbonyl (C=O) groups is 1. The maximum atomic E-state index is 13.6. The van der Waals surface area contributed by atoms with Gasteiger partial charge in [-0.05, 0) is 33.3 Å². The number of nitrogens with zero attached hydrogens (tertiary/aromatic N) is 2. The van der Waals surface area contributed by atoms with E-state index >= 15 is 0 Å². The third kappa shape index (κ3) is 3.66. The molecule has 0 aliphatic carbocycles. The van der Waals surface area contributed by atoms with Gasteiger partial charge in [0.05, 0.1) is 10.6 Å². The maximum absolute atomic E-state index is 13.6. The molecule has 0 fully saturated rings. The Hall–Kier alpha value is -2.18. The SMILES string of the molecule is Cc1cc([N+](=O)[O-])c(F)cc1N(C)C(=O)OC(C)(C)C. The van der Waals surface area contributed by atoms with Gasteiger partial charge in [0.15, 0.2) is 0 Å². The second-order valence-electron chi connectivity index (χ2n) is 5.39. The van der Waals surface area contributed by atoms with Gasteiger partial charge in [0, 0.05) is 19.2 Å². The lowest BCUT2D eigenvalue weighted by molar-refractivity contribution is -0.387. The van der Waals surface area contributed by atoms with Crippen molar-refractivity contribution in [2.75, 3.05) is 11.9 Å². The van der Waals surface area contributed by atoms with Crippen molar-refractivity contribution in [1.82, 2.24) is 0 Å². The van der Waals surface area contributed by atoms with E-state index in [1.807, 2.05) is 0 Å². The van der Waals surface area contributed by atoms with Crippen LogP contribution >= 0.6 is 0 Å². The molecule has 0 aromatic heterocycles. The molecule has 110 valence electrons. The van der Waals surface area contributed by atoms with Gasteiger partial charge in [-0.2, -0.15) is 4.39 Å². The zero-order chi connectivity index (χ0) is 15.7. The number of amides is 1. The topological polar surface area (TPSA) is 72.7 Å². The van der Waals surface area contributed by atoms with Gasteiger partial charge in [-0.3, -0.25) is 15.0 Å². The van der Waals surface area contributed by atoms with Crippen molar-refractivity contribution in [3.63, 3.8) is 0 Å². The first-order valence-electron chi connectivity index (χ1n) is 5.94. The largest absolute Gasteiger partial charge is 0.443 e. The number of nitro groups is 1. The summed E-state index contributed by atoms with van der Waals surface area (Å²) in [5.41, 5.74) is -0.670. The highest BCUT2D eigenvalue weighted by Crippen LogP contribution is 2.28. The summed E-state index contributed by atoms with van der Waals surface area (Å²) in [6.45, 7) is 6.69. The summed E-state index contributed by atoms with van der Waals surface area (Å²) in [7, 11) is 1.42. The molecule has 0 heterocycles. The minimum Gasteiger partial charge on any atom is -0.443 e. The highest BCUT2D eigenvalue weighted by atomic mass is 19.1. The first-order chi connectivity index (χ1) is 9.03. The summed E-state index contributed by atoms with van der Waals surface area (Å²) < 4.78 is 18.8. The molecule has 0 bridgehead atoms. The highest BCUT2D eigenvalue weighted by Gasteiger charge is 2.24. The molecule has 0 radical (unpaired) electrons. The van der Waals surface area contributed by atoms with Gasteiger partial charge >= 0.3 is 11.8 Å². The number of rotatable bonds is 2. The molecule has 0 saturated carbocycles. The molecule has 0 N–H and O–H groups in total. The fourth-order valence-electron chi connectivity index (χ4n) is 1.59. The standard InChI is InChI=1S/C13H17FN2O4/c1-8-6-11(16(18)19)9(14)7-10(8)15(5)12(17)20-13(2,3)4/h6-7H,1-5H3. The van der Waals surface area contributed by atoms with Crippen LogP contribution in [0.25, 0.3) is 0 Å². The first-order valence-corrected chi connectivity index (χ1v) is 5.94. The van der Waals surface area contributed by atoms with Gasteiger partial charge in [-0.25, -0.2) is 4.79 Å². The number of hydrogen-bond acceptors (Lipinski definition) is 4. The van der Waals surface area contributed by atoms with Crippen LogP contribution in [0.5, 0.6) is 0 Å². The number of carbonyl (C=O) groups excluding carboxylic acids is 1.